The number of aliphatic hydroxyl groups is 3. The molecule has 5 N–H and O–H groups in total. The summed E-state index contributed by atoms with van der Waals surface area (Å²) < 4.78 is 0. The highest BCUT2D eigenvalue weighted by atomic mass is 35.5. The summed E-state index contributed by atoms with van der Waals surface area (Å²) in [5.74, 6) is -0.514. The van der Waals surface area contributed by atoms with E-state index in [4.69, 9.17) is 21.7 Å². The minimum Gasteiger partial charge on any atom is -0.396 e. The van der Waals surface area contributed by atoms with Crippen molar-refractivity contribution in [2.45, 2.75) is 45.6 Å². The normalized spacial score (nSPS) is 12.9. The van der Waals surface area contributed by atoms with Crippen LogP contribution in [0.25, 0.3) is 11.1 Å². The highest BCUT2D eigenvalue weighted by Crippen LogP contribution is 2.36. The molecule has 0 spiro atoms. The molecule has 0 unspecified atom stereocenters. The number of hydrogen-bond acceptors (Lipinski definition) is 9. The molecule has 1 aliphatic rings. The van der Waals surface area contributed by atoms with E-state index in [1.54, 1.807) is 18.3 Å². The SMILES string of the molecule is Cc1c(NC(=O)c2ccc(CCCCO)cn2)cccc1-c1cccc(CC(=O)c2cc(NCCO)c3c(n2)CN(CCO)CC3)c1Cl. The average molecular weight is 672 g/mol. The molecule has 3 heterocycles. The summed E-state index contributed by atoms with van der Waals surface area (Å²) in [6, 6.07) is 16.5. The highest BCUT2D eigenvalue weighted by molar-refractivity contribution is 6.34. The Labute approximate surface area is 285 Å². The number of benzene rings is 2. The molecule has 0 atom stereocenters. The molecule has 1 amide bonds. The molecule has 0 bridgehead atoms. The third-order valence-electron chi connectivity index (χ3n) is 8.62. The zero-order valence-electron chi connectivity index (χ0n) is 27.1. The maximum absolute atomic E-state index is 13.7. The van der Waals surface area contributed by atoms with Crippen molar-refractivity contribution < 1.29 is 24.9 Å². The Morgan fingerprint density at radius 2 is 1.75 bits per heavy atom. The lowest BCUT2D eigenvalue weighted by atomic mass is 9.95. The molecular formula is C37H42ClN5O5. The van der Waals surface area contributed by atoms with Crippen LogP contribution >= 0.6 is 11.6 Å². The van der Waals surface area contributed by atoms with E-state index < -0.39 is 0 Å². The van der Waals surface area contributed by atoms with E-state index in [2.05, 4.69) is 20.5 Å². The van der Waals surface area contributed by atoms with Crippen molar-refractivity contribution in [3.05, 3.63) is 105 Å². The largest absolute Gasteiger partial charge is 0.396 e. The third-order valence-corrected chi connectivity index (χ3v) is 9.07. The molecule has 0 saturated carbocycles. The molecular weight excluding hydrogens is 630 g/mol. The van der Waals surface area contributed by atoms with Crippen molar-refractivity contribution >= 4 is 34.7 Å². The lowest BCUT2D eigenvalue weighted by Gasteiger charge is -2.29. The molecule has 0 radical (unpaired) electrons. The Kier molecular flexibility index (Phi) is 12.3. The number of ketones is 1. The number of Topliss-reactive ketones (excluding diaryl/α,β-unsaturated/α-hetero) is 1. The maximum atomic E-state index is 13.7. The van der Waals surface area contributed by atoms with Gasteiger partial charge in [0.1, 0.15) is 11.4 Å². The van der Waals surface area contributed by atoms with Crippen LogP contribution in [-0.4, -0.2) is 81.3 Å². The van der Waals surface area contributed by atoms with Gasteiger partial charge in [0.25, 0.3) is 5.91 Å². The number of aliphatic hydroxyl groups excluding tert-OH is 3. The number of fused-ring (bicyclic) bond motifs is 1. The number of halogens is 1. The van der Waals surface area contributed by atoms with Crippen LogP contribution in [0.2, 0.25) is 5.02 Å². The number of aromatic nitrogens is 2. The van der Waals surface area contributed by atoms with E-state index in [1.807, 2.05) is 49.4 Å². The van der Waals surface area contributed by atoms with Gasteiger partial charge in [0.2, 0.25) is 0 Å². The number of carbonyl (C=O) groups is 2. The first-order chi connectivity index (χ1) is 23.3. The number of pyridine rings is 2. The number of nitrogens with zero attached hydrogens (tertiary/aromatic N) is 3. The van der Waals surface area contributed by atoms with Gasteiger partial charge >= 0.3 is 0 Å². The van der Waals surface area contributed by atoms with E-state index in [0.717, 1.165) is 71.4 Å². The molecule has 5 rings (SSSR count). The van der Waals surface area contributed by atoms with Crippen molar-refractivity contribution in [1.82, 2.24) is 14.9 Å². The summed E-state index contributed by atoms with van der Waals surface area (Å²) in [6.45, 7) is 4.26. The van der Waals surface area contributed by atoms with Crippen molar-refractivity contribution in [2.75, 3.05) is 50.1 Å². The number of carbonyl (C=O) groups excluding carboxylic acids is 2. The first-order valence-corrected chi connectivity index (χ1v) is 16.7. The van der Waals surface area contributed by atoms with E-state index in [-0.39, 0.29) is 37.9 Å². The maximum Gasteiger partial charge on any atom is 0.274 e. The molecule has 1 aliphatic heterocycles. The minimum absolute atomic E-state index is 0.0371. The molecule has 252 valence electrons. The van der Waals surface area contributed by atoms with Crippen molar-refractivity contribution in [2.24, 2.45) is 0 Å². The third kappa shape index (κ3) is 8.44. The number of nitrogens with one attached hydrogen (secondary N) is 2. The topological polar surface area (TPSA) is 148 Å². The summed E-state index contributed by atoms with van der Waals surface area (Å²) in [5.41, 5.74) is 7.90. The number of aryl methyl sites for hydroxylation is 1. The fraction of sp³-hybridized carbons (Fsp3) is 0.351. The van der Waals surface area contributed by atoms with Gasteiger partial charge in [0, 0.05) is 62.3 Å². The standard InChI is InChI=1S/C37H42ClN5O5/c1-24-27(8-5-10-30(24)42-37(48)31-12-11-25(22-40-31)6-2-3-17-44)28-9-4-7-26(36(28)38)20-35(47)33-21-32(39-14-18-45)29-13-15-43(16-19-46)23-34(29)41-33/h4-5,7-12,21-22,44-46H,2-3,6,13-20,23H2,1H3,(H,39,41)(H,42,48). The van der Waals surface area contributed by atoms with Crippen LogP contribution in [0.1, 0.15) is 61.8 Å². The fourth-order valence-electron chi connectivity index (χ4n) is 6.00. The van der Waals surface area contributed by atoms with E-state index in [0.29, 0.717) is 47.3 Å². The second-order valence-corrected chi connectivity index (χ2v) is 12.3. The van der Waals surface area contributed by atoms with Gasteiger partial charge in [-0.2, -0.15) is 0 Å². The number of hydrogen-bond donors (Lipinski definition) is 5. The lowest BCUT2D eigenvalue weighted by molar-refractivity contribution is 0.0985. The Bertz CT molecular complexity index is 1750. The van der Waals surface area contributed by atoms with Crippen LogP contribution < -0.4 is 10.6 Å². The van der Waals surface area contributed by atoms with E-state index >= 15 is 0 Å². The quantitative estimate of drug-likeness (QED) is 0.0884. The van der Waals surface area contributed by atoms with Crippen LogP contribution in [0.3, 0.4) is 0 Å². The first-order valence-electron chi connectivity index (χ1n) is 16.3. The predicted molar refractivity (Wildman–Crippen MR) is 188 cm³/mol. The van der Waals surface area contributed by atoms with Crippen LogP contribution in [0.5, 0.6) is 0 Å². The van der Waals surface area contributed by atoms with Gasteiger partial charge in [-0.1, -0.05) is 48.0 Å². The second-order valence-electron chi connectivity index (χ2n) is 11.9. The van der Waals surface area contributed by atoms with Crippen molar-refractivity contribution in [3.63, 3.8) is 0 Å². The van der Waals surface area contributed by atoms with Crippen molar-refractivity contribution in [3.8, 4) is 11.1 Å². The minimum atomic E-state index is -0.326. The molecule has 11 heteroatoms. The molecule has 48 heavy (non-hydrogen) atoms. The van der Waals surface area contributed by atoms with Crippen LogP contribution in [0, 0.1) is 6.92 Å². The molecule has 2 aromatic carbocycles. The number of β-amino-alcohol motifs (C(OH)–C–C–N with tert-alkyl or cyclic N) is 1. The summed E-state index contributed by atoms with van der Waals surface area (Å²) in [4.78, 5) is 37.9. The number of unbranched alkanes of at least 4 members (excludes halogenated alkanes) is 1. The first kappa shape index (κ1) is 35.1. The molecule has 4 aromatic rings. The number of anilines is 2. The Morgan fingerprint density at radius 1 is 0.938 bits per heavy atom. The Balaban J connectivity index is 1.35. The predicted octanol–water partition coefficient (Wildman–Crippen LogP) is 4.85. The van der Waals surface area contributed by atoms with Gasteiger partial charge in [0.15, 0.2) is 5.78 Å². The van der Waals surface area contributed by atoms with Crippen LogP contribution in [0.4, 0.5) is 11.4 Å². The zero-order chi connectivity index (χ0) is 34.0. The van der Waals surface area contributed by atoms with Crippen LogP contribution in [-0.2, 0) is 25.8 Å². The number of amides is 1. The molecule has 10 nitrogen and oxygen atoms in total. The fourth-order valence-corrected chi connectivity index (χ4v) is 6.30. The number of rotatable bonds is 15. The molecule has 0 aliphatic carbocycles. The van der Waals surface area contributed by atoms with E-state index in [1.165, 1.54) is 0 Å². The zero-order valence-corrected chi connectivity index (χ0v) is 27.9. The monoisotopic (exact) mass is 671 g/mol. The average Bonchev–Trinajstić information content (AvgIpc) is 3.09. The summed E-state index contributed by atoms with van der Waals surface area (Å²) in [6.07, 6.45) is 4.83. The Morgan fingerprint density at radius 3 is 2.50 bits per heavy atom. The van der Waals surface area contributed by atoms with Gasteiger partial charge < -0.3 is 26.0 Å². The summed E-state index contributed by atoms with van der Waals surface area (Å²) in [7, 11) is 0. The highest BCUT2D eigenvalue weighted by Gasteiger charge is 2.24. The van der Waals surface area contributed by atoms with Crippen LogP contribution in [0.15, 0.2) is 60.8 Å². The Hall–Kier alpha value is -4.19. The van der Waals surface area contributed by atoms with Gasteiger partial charge in [0.05, 0.1) is 23.9 Å². The second kappa shape index (κ2) is 16.8. The molecule has 0 fully saturated rings. The summed E-state index contributed by atoms with van der Waals surface area (Å²) in [5, 5.41) is 34.5. The molecule has 2 aromatic heterocycles. The van der Waals surface area contributed by atoms with E-state index in [9.17, 15) is 19.8 Å². The van der Waals surface area contributed by atoms with Gasteiger partial charge in [-0.25, -0.2) is 4.98 Å². The summed E-state index contributed by atoms with van der Waals surface area (Å²) >= 11 is 6.98. The smallest absolute Gasteiger partial charge is 0.274 e. The van der Waals surface area contributed by atoms with Crippen molar-refractivity contribution in [1.29, 1.82) is 0 Å². The lowest BCUT2D eigenvalue weighted by Crippen LogP contribution is -2.34. The van der Waals surface area contributed by atoms with Gasteiger partial charge in [-0.05, 0) is 78.6 Å². The van der Waals surface area contributed by atoms with Gasteiger partial charge in [-0.3, -0.25) is 19.5 Å². The van der Waals surface area contributed by atoms with Gasteiger partial charge in [-0.15, -0.1) is 0 Å². The molecule has 0 saturated heterocycles.